The molecule has 0 bridgehead atoms. The third kappa shape index (κ3) is 4.72. The van der Waals surface area contributed by atoms with Gasteiger partial charge in [-0.3, -0.25) is 9.59 Å². The van der Waals surface area contributed by atoms with Gasteiger partial charge in [-0.2, -0.15) is 0 Å². The molecule has 2 amide bonds. The van der Waals surface area contributed by atoms with Crippen LogP contribution < -0.4 is 16.4 Å². The molecule has 2 rings (SSSR count). The number of nitrogens with one attached hydrogen (secondary N) is 2. The molecular formula is C15H22ClN3O2. The van der Waals surface area contributed by atoms with E-state index >= 15 is 0 Å². The van der Waals surface area contributed by atoms with E-state index in [1.807, 2.05) is 0 Å². The number of hydrogen-bond donors (Lipinski definition) is 3. The number of hydrogen-bond acceptors (Lipinski definition) is 3. The standard InChI is InChI=1S/C15H21N3O2.ClH/c1-11(19)17-12-5-7-13(8-6-12)18-14(20)15(16)9-3-2-4-10-15;/h5-8H,2-4,9-10,16H2,1H3,(H,17,19)(H,18,20);1H. The molecular weight excluding hydrogens is 290 g/mol. The van der Waals surface area contributed by atoms with Crippen LogP contribution in [0.3, 0.4) is 0 Å². The minimum Gasteiger partial charge on any atom is -0.326 e. The molecule has 1 aromatic carbocycles. The molecule has 4 N–H and O–H groups in total. The summed E-state index contributed by atoms with van der Waals surface area (Å²) < 4.78 is 0. The highest BCUT2D eigenvalue weighted by molar-refractivity contribution is 5.98. The summed E-state index contributed by atoms with van der Waals surface area (Å²) in [6, 6.07) is 7.02. The monoisotopic (exact) mass is 311 g/mol. The maximum atomic E-state index is 12.2. The van der Waals surface area contributed by atoms with Crippen LogP contribution in [0.2, 0.25) is 0 Å². The van der Waals surface area contributed by atoms with Crippen LogP contribution in [-0.2, 0) is 9.59 Å². The van der Waals surface area contributed by atoms with Gasteiger partial charge in [0.25, 0.3) is 0 Å². The number of anilines is 2. The molecule has 1 aliphatic carbocycles. The zero-order chi connectivity index (χ0) is 14.6. The van der Waals surface area contributed by atoms with Crippen LogP contribution in [0.4, 0.5) is 11.4 Å². The Balaban J connectivity index is 0.00000220. The minimum atomic E-state index is -0.742. The predicted molar refractivity (Wildman–Crippen MR) is 86.6 cm³/mol. The molecule has 0 saturated heterocycles. The molecule has 1 aromatic rings. The van der Waals surface area contributed by atoms with Gasteiger partial charge in [0.05, 0.1) is 5.54 Å². The zero-order valence-corrected chi connectivity index (χ0v) is 13.0. The van der Waals surface area contributed by atoms with Gasteiger partial charge in [0, 0.05) is 18.3 Å². The number of halogens is 1. The number of amides is 2. The van der Waals surface area contributed by atoms with Crippen molar-refractivity contribution in [3.63, 3.8) is 0 Å². The van der Waals surface area contributed by atoms with Crippen molar-refractivity contribution in [1.29, 1.82) is 0 Å². The lowest BCUT2D eigenvalue weighted by Crippen LogP contribution is -2.52. The highest BCUT2D eigenvalue weighted by Crippen LogP contribution is 2.27. The third-order valence-electron chi connectivity index (χ3n) is 3.66. The second-order valence-electron chi connectivity index (χ2n) is 5.43. The number of carbonyl (C=O) groups excluding carboxylic acids is 2. The van der Waals surface area contributed by atoms with Gasteiger partial charge in [0.15, 0.2) is 0 Å². The first-order chi connectivity index (χ1) is 9.49. The van der Waals surface area contributed by atoms with Gasteiger partial charge < -0.3 is 16.4 Å². The van der Waals surface area contributed by atoms with Gasteiger partial charge in [0.2, 0.25) is 11.8 Å². The molecule has 0 aliphatic heterocycles. The summed E-state index contributed by atoms with van der Waals surface area (Å²) in [5.41, 5.74) is 6.83. The molecule has 0 radical (unpaired) electrons. The fourth-order valence-electron chi connectivity index (χ4n) is 2.51. The molecule has 6 heteroatoms. The lowest BCUT2D eigenvalue weighted by atomic mass is 9.82. The minimum absolute atomic E-state index is 0. The van der Waals surface area contributed by atoms with Crippen molar-refractivity contribution in [3.05, 3.63) is 24.3 Å². The normalized spacial score (nSPS) is 16.5. The van der Waals surface area contributed by atoms with Crippen LogP contribution in [0.25, 0.3) is 0 Å². The second kappa shape index (κ2) is 7.43. The van der Waals surface area contributed by atoms with Gasteiger partial charge in [0.1, 0.15) is 0 Å². The molecule has 1 saturated carbocycles. The van der Waals surface area contributed by atoms with Crippen molar-refractivity contribution in [1.82, 2.24) is 0 Å². The Morgan fingerprint density at radius 3 is 1.95 bits per heavy atom. The van der Waals surface area contributed by atoms with E-state index in [0.717, 1.165) is 32.1 Å². The molecule has 1 fully saturated rings. The van der Waals surface area contributed by atoms with Crippen molar-refractivity contribution < 1.29 is 9.59 Å². The van der Waals surface area contributed by atoms with Crippen LogP contribution in [0.15, 0.2) is 24.3 Å². The highest BCUT2D eigenvalue weighted by atomic mass is 35.5. The summed E-state index contributed by atoms with van der Waals surface area (Å²) in [4.78, 5) is 23.2. The summed E-state index contributed by atoms with van der Waals surface area (Å²) in [7, 11) is 0. The Morgan fingerprint density at radius 1 is 1.00 bits per heavy atom. The third-order valence-corrected chi connectivity index (χ3v) is 3.66. The summed E-state index contributed by atoms with van der Waals surface area (Å²) >= 11 is 0. The summed E-state index contributed by atoms with van der Waals surface area (Å²) in [5, 5.41) is 5.54. The fourth-order valence-corrected chi connectivity index (χ4v) is 2.51. The van der Waals surface area contributed by atoms with E-state index in [9.17, 15) is 9.59 Å². The molecule has 0 aromatic heterocycles. The molecule has 0 heterocycles. The zero-order valence-electron chi connectivity index (χ0n) is 12.1. The molecule has 116 valence electrons. The lowest BCUT2D eigenvalue weighted by molar-refractivity contribution is -0.122. The quantitative estimate of drug-likeness (QED) is 0.802. The van der Waals surface area contributed by atoms with E-state index in [2.05, 4.69) is 10.6 Å². The average Bonchev–Trinajstić information content (AvgIpc) is 2.41. The predicted octanol–water partition coefficient (Wildman–Crippen LogP) is 2.67. The number of rotatable bonds is 3. The van der Waals surface area contributed by atoms with Crippen molar-refractivity contribution in [3.8, 4) is 0 Å². The summed E-state index contributed by atoms with van der Waals surface area (Å²) in [5.74, 6) is -0.241. The first-order valence-corrected chi connectivity index (χ1v) is 6.98. The molecule has 5 nitrogen and oxygen atoms in total. The van der Waals surface area contributed by atoms with Crippen LogP contribution in [-0.4, -0.2) is 17.4 Å². The van der Waals surface area contributed by atoms with E-state index in [1.165, 1.54) is 6.92 Å². The fraction of sp³-hybridized carbons (Fsp3) is 0.467. The molecule has 0 spiro atoms. The molecule has 1 aliphatic rings. The van der Waals surface area contributed by atoms with E-state index in [0.29, 0.717) is 11.4 Å². The smallest absolute Gasteiger partial charge is 0.244 e. The van der Waals surface area contributed by atoms with Gasteiger partial charge in [-0.05, 0) is 37.1 Å². The van der Waals surface area contributed by atoms with Crippen LogP contribution >= 0.6 is 12.4 Å². The Bertz CT molecular complexity index is 496. The van der Waals surface area contributed by atoms with E-state index in [1.54, 1.807) is 24.3 Å². The number of benzene rings is 1. The molecule has 0 unspecified atom stereocenters. The molecule has 0 atom stereocenters. The Kier molecular flexibility index (Phi) is 6.18. The summed E-state index contributed by atoms with van der Waals surface area (Å²) in [6.07, 6.45) is 4.64. The number of nitrogens with two attached hydrogens (primary N) is 1. The van der Waals surface area contributed by atoms with E-state index in [4.69, 9.17) is 5.73 Å². The van der Waals surface area contributed by atoms with Gasteiger partial charge in [-0.1, -0.05) is 19.3 Å². The Hall–Kier alpha value is -1.59. The van der Waals surface area contributed by atoms with Crippen molar-refractivity contribution in [2.45, 2.75) is 44.6 Å². The van der Waals surface area contributed by atoms with Gasteiger partial charge in [-0.15, -0.1) is 12.4 Å². The Labute approximate surface area is 131 Å². The Morgan fingerprint density at radius 2 is 1.48 bits per heavy atom. The van der Waals surface area contributed by atoms with E-state index < -0.39 is 5.54 Å². The lowest BCUT2D eigenvalue weighted by Gasteiger charge is -2.31. The van der Waals surface area contributed by atoms with Crippen LogP contribution in [0.5, 0.6) is 0 Å². The maximum Gasteiger partial charge on any atom is 0.244 e. The van der Waals surface area contributed by atoms with Crippen molar-refractivity contribution in [2.24, 2.45) is 5.73 Å². The molecule has 21 heavy (non-hydrogen) atoms. The van der Waals surface area contributed by atoms with Crippen molar-refractivity contribution in [2.75, 3.05) is 10.6 Å². The average molecular weight is 312 g/mol. The van der Waals surface area contributed by atoms with Crippen LogP contribution in [0.1, 0.15) is 39.0 Å². The first-order valence-electron chi connectivity index (χ1n) is 6.98. The van der Waals surface area contributed by atoms with E-state index in [-0.39, 0.29) is 24.2 Å². The SMILES string of the molecule is CC(=O)Nc1ccc(NC(=O)C2(N)CCCCC2)cc1.Cl. The maximum absolute atomic E-state index is 12.2. The first kappa shape index (κ1) is 17.5. The second-order valence-corrected chi connectivity index (χ2v) is 5.43. The van der Waals surface area contributed by atoms with Crippen molar-refractivity contribution >= 4 is 35.6 Å². The number of carbonyl (C=O) groups is 2. The van der Waals surface area contributed by atoms with Crippen LogP contribution in [0, 0.1) is 0 Å². The largest absolute Gasteiger partial charge is 0.326 e. The topological polar surface area (TPSA) is 84.2 Å². The highest BCUT2D eigenvalue weighted by Gasteiger charge is 2.35. The van der Waals surface area contributed by atoms with Gasteiger partial charge >= 0.3 is 0 Å². The van der Waals surface area contributed by atoms with Gasteiger partial charge in [-0.25, -0.2) is 0 Å². The summed E-state index contributed by atoms with van der Waals surface area (Å²) in [6.45, 7) is 1.46.